The van der Waals surface area contributed by atoms with Crippen molar-refractivity contribution in [3.63, 3.8) is 0 Å². The fourth-order valence-corrected chi connectivity index (χ4v) is 11.5. The Labute approximate surface area is 235 Å². The van der Waals surface area contributed by atoms with E-state index in [-0.39, 0.29) is 5.41 Å². The lowest BCUT2D eigenvalue weighted by molar-refractivity contribution is 0.591. The Morgan fingerprint density at radius 1 is 0.513 bits per heavy atom. The largest absolute Gasteiger partial charge is 0.308 e. The first kappa shape index (κ1) is 24.8. The summed E-state index contributed by atoms with van der Waals surface area (Å²) in [5, 5.41) is 8.74. The van der Waals surface area contributed by atoms with Crippen molar-refractivity contribution in [2.24, 2.45) is 0 Å². The Morgan fingerprint density at radius 3 is 1.36 bits per heavy atom. The van der Waals surface area contributed by atoms with Gasteiger partial charge in [0, 0.05) is 21.2 Å². The minimum absolute atomic E-state index is 0.0471. The second-order valence-corrected chi connectivity index (χ2v) is 16.1. The molecular weight excluding hydrogens is 508 g/mol. The van der Waals surface area contributed by atoms with E-state index in [4.69, 9.17) is 0 Å². The topological polar surface area (TPSA) is 3.24 Å². The van der Waals surface area contributed by atoms with Gasteiger partial charge in [-0.1, -0.05) is 105 Å². The van der Waals surface area contributed by atoms with Crippen LogP contribution in [0.3, 0.4) is 0 Å². The second kappa shape index (κ2) is 9.16. The number of aryl methyl sites for hydroxylation is 2. The van der Waals surface area contributed by atoms with E-state index in [2.05, 4.69) is 149 Å². The van der Waals surface area contributed by atoms with Gasteiger partial charge >= 0.3 is 0 Å². The predicted octanol–water partition coefficient (Wildman–Crippen LogP) is 7.21. The van der Waals surface area contributed by atoms with Crippen molar-refractivity contribution in [3.8, 4) is 0 Å². The summed E-state index contributed by atoms with van der Waals surface area (Å²) in [6.07, 6.45) is 0. The normalized spacial score (nSPS) is 17.3. The molecule has 2 heterocycles. The number of anilines is 3. The van der Waals surface area contributed by atoms with Gasteiger partial charge in [-0.3, -0.25) is 0 Å². The van der Waals surface area contributed by atoms with E-state index in [1.807, 2.05) is 0 Å². The molecule has 39 heavy (non-hydrogen) atoms. The molecule has 0 spiro atoms. The molecule has 0 saturated carbocycles. The van der Waals surface area contributed by atoms with Gasteiger partial charge in [0.2, 0.25) is 0 Å². The fourth-order valence-electron chi connectivity index (χ4n) is 5.95. The van der Waals surface area contributed by atoms with Crippen molar-refractivity contribution >= 4 is 64.7 Å². The van der Waals surface area contributed by atoms with Gasteiger partial charge in [0.1, 0.15) is 0 Å². The first-order chi connectivity index (χ1) is 18.8. The summed E-state index contributed by atoms with van der Waals surface area (Å²) in [4.78, 5) is 2.60. The molecular formula is C36H33NP2. The average Bonchev–Trinajstić information content (AvgIpc) is 2.93. The molecule has 0 aliphatic carbocycles. The number of hydrogen-bond acceptors (Lipinski definition) is 1. The van der Waals surface area contributed by atoms with Crippen molar-refractivity contribution in [1.29, 1.82) is 0 Å². The smallest absolute Gasteiger partial charge is 0.0629 e. The van der Waals surface area contributed by atoms with Crippen LogP contribution in [0.25, 0.3) is 0 Å². The SMILES string of the molecule is Cc1ccc2c(c1)P(c1ccccc1)c1cc(C(C)(C)C)cc3c1N2c1ccc(C)cc1P3c1ccccc1. The number of fused-ring (bicyclic) bond motifs is 4. The molecule has 3 heteroatoms. The lowest BCUT2D eigenvalue weighted by Crippen LogP contribution is -2.44. The molecule has 192 valence electrons. The highest BCUT2D eigenvalue weighted by molar-refractivity contribution is 7.82. The predicted molar refractivity (Wildman–Crippen MR) is 174 cm³/mol. The summed E-state index contributed by atoms with van der Waals surface area (Å²) in [5.74, 6) is 0. The van der Waals surface area contributed by atoms with E-state index in [9.17, 15) is 0 Å². The van der Waals surface area contributed by atoms with Crippen LogP contribution >= 0.6 is 15.8 Å². The van der Waals surface area contributed by atoms with Crippen LogP contribution in [-0.2, 0) is 5.41 Å². The first-order valence-electron chi connectivity index (χ1n) is 13.7. The van der Waals surface area contributed by atoms with Gasteiger partial charge in [0.05, 0.1) is 17.1 Å². The molecule has 5 aromatic carbocycles. The van der Waals surface area contributed by atoms with Crippen molar-refractivity contribution in [2.45, 2.75) is 40.0 Å². The molecule has 2 aliphatic rings. The average molecular weight is 542 g/mol. The van der Waals surface area contributed by atoms with Gasteiger partial charge in [-0.15, -0.1) is 0 Å². The molecule has 1 nitrogen and oxygen atoms in total. The third-order valence-electron chi connectivity index (χ3n) is 7.90. The summed E-state index contributed by atoms with van der Waals surface area (Å²) in [6.45, 7) is 11.5. The van der Waals surface area contributed by atoms with Gasteiger partial charge in [0.25, 0.3) is 0 Å². The molecule has 2 atom stereocenters. The molecule has 0 N–H and O–H groups in total. The summed E-state index contributed by atoms with van der Waals surface area (Å²) >= 11 is 0. The number of nitrogens with zero attached hydrogens (tertiary/aromatic N) is 1. The molecule has 0 fully saturated rings. The summed E-state index contributed by atoms with van der Waals surface area (Å²) in [7, 11) is -1.42. The van der Waals surface area contributed by atoms with Crippen LogP contribution in [0.2, 0.25) is 0 Å². The zero-order valence-electron chi connectivity index (χ0n) is 23.2. The maximum Gasteiger partial charge on any atom is 0.0629 e. The molecule has 2 aliphatic heterocycles. The van der Waals surface area contributed by atoms with E-state index in [1.54, 1.807) is 0 Å². The van der Waals surface area contributed by atoms with E-state index < -0.39 is 15.8 Å². The van der Waals surface area contributed by atoms with Gasteiger partial charge < -0.3 is 4.90 Å². The Morgan fingerprint density at radius 2 is 0.949 bits per heavy atom. The van der Waals surface area contributed by atoms with Gasteiger partial charge in [-0.25, -0.2) is 0 Å². The third kappa shape index (κ3) is 3.98. The van der Waals surface area contributed by atoms with Crippen LogP contribution in [-0.4, -0.2) is 0 Å². The van der Waals surface area contributed by atoms with Crippen molar-refractivity contribution in [3.05, 3.63) is 126 Å². The maximum atomic E-state index is 2.60. The number of benzene rings is 5. The first-order valence-corrected chi connectivity index (χ1v) is 16.4. The van der Waals surface area contributed by atoms with Crippen molar-refractivity contribution in [1.82, 2.24) is 0 Å². The maximum absolute atomic E-state index is 2.60. The third-order valence-corrected chi connectivity index (χ3v) is 12.8. The van der Waals surface area contributed by atoms with Gasteiger partial charge in [0.15, 0.2) is 0 Å². The lowest BCUT2D eigenvalue weighted by atomic mass is 9.87. The molecule has 0 bridgehead atoms. The Bertz CT molecular complexity index is 1600. The van der Waals surface area contributed by atoms with Crippen LogP contribution in [0.5, 0.6) is 0 Å². The zero-order valence-corrected chi connectivity index (χ0v) is 25.0. The molecule has 7 rings (SSSR count). The van der Waals surface area contributed by atoms with Crippen LogP contribution in [0.4, 0.5) is 17.1 Å². The minimum atomic E-state index is -0.708. The Hall–Kier alpha value is -3.24. The molecule has 0 radical (unpaired) electrons. The molecule has 0 saturated heterocycles. The quantitative estimate of drug-likeness (QED) is 0.209. The Balaban J connectivity index is 1.64. The summed E-state index contributed by atoms with van der Waals surface area (Å²) in [5.41, 5.74) is 8.20. The van der Waals surface area contributed by atoms with Crippen LogP contribution in [0.1, 0.15) is 37.5 Å². The highest BCUT2D eigenvalue weighted by atomic mass is 31.1. The van der Waals surface area contributed by atoms with Crippen LogP contribution in [0.15, 0.2) is 109 Å². The van der Waals surface area contributed by atoms with Gasteiger partial charge in [-0.2, -0.15) is 0 Å². The van der Waals surface area contributed by atoms with E-state index >= 15 is 0 Å². The molecule has 2 unspecified atom stereocenters. The Kier molecular flexibility index (Phi) is 5.82. The van der Waals surface area contributed by atoms with E-state index in [1.165, 1.54) is 65.6 Å². The standard InChI is InChI=1S/C36H33NP2/c1-24-16-18-29-31(20-24)38(27-12-8-6-9-13-27)33-22-26(36(3,4)5)23-34-35(33)37(29)30-19-17-25(2)21-32(30)39(34)28-14-10-7-11-15-28/h6-23H,1-5H3. The fraction of sp³-hybridized carbons (Fsp3) is 0.167. The highest BCUT2D eigenvalue weighted by Gasteiger charge is 2.41. The number of hydrogen-bond donors (Lipinski definition) is 0. The van der Waals surface area contributed by atoms with Crippen LogP contribution < -0.4 is 36.7 Å². The van der Waals surface area contributed by atoms with Gasteiger partial charge in [-0.05, 0) is 87.7 Å². The van der Waals surface area contributed by atoms with Crippen LogP contribution in [0, 0.1) is 13.8 Å². The monoisotopic (exact) mass is 541 g/mol. The van der Waals surface area contributed by atoms with E-state index in [0.29, 0.717) is 0 Å². The van der Waals surface area contributed by atoms with E-state index in [0.717, 1.165) is 0 Å². The van der Waals surface area contributed by atoms with Crippen molar-refractivity contribution in [2.75, 3.05) is 4.90 Å². The lowest BCUT2D eigenvalue weighted by Gasteiger charge is -2.45. The summed E-state index contributed by atoms with van der Waals surface area (Å²) in [6, 6.07) is 41.7. The molecule has 0 aromatic heterocycles. The zero-order chi connectivity index (χ0) is 26.9. The number of rotatable bonds is 2. The molecule has 5 aromatic rings. The molecule has 0 amide bonds. The van der Waals surface area contributed by atoms with Crippen molar-refractivity contribution < 1.29 is 0 Å². The summed E-state index contributed by atoms with van der Waals surface area (Å²) < 4.78 is 0. The second-order valence-electron chi connectivity index (χ2n) is 11.8. The highest BCUT2D eigenvalue weighted by Crippen LogP contribution is 2.55. The minimum Gasteiger partial charge on any atom is -0.308 e.